The van der Waals surface area contributed by atoms with Crippen molar-refractivity contribution in [3.8, 4) is 0 Å². The molecule has 1 aromatic carbocycles. The summed E-state index contributed by atoms with van der Waals surface area (Å²) in [5.41, 5.74) is 6.31. The number of rotatable bonds is 5. The Balaban J connectivity index is 2.45. The summed E-state index contributed by atoms with van der Waals surface area (Å²) in [5.74, 6) is 0. The molecule has 0 heterocycles. The van der Waals surface area contributed by atoms with Crippen molar-refractivity contribution in [2.45, 2.75) is 37.2 Å². The third kappa shape index (κ3) is 2.54. The Morgan fingerprint density at radius 2 is 2.11 bits per heavy atom. The molecular weight excluding hydrogens is 272 g/mol. The van der Waals surface area contributed by atoms with Gasteiger partial charge in [-0.05, 0) is 30.5 Å². The van der Waals surface area contributed by atoms with Crippen LogP contribution < -0.4 is 5.73 Å². The van der Waals surface area contributed by atoms with Gasteiger partial charge in [-0.2, -0.15) is 4.31 Å². The molecule has 0 aromatic heterocycles. The Morgan fingerprint density at radius 3 is 2.61 bits per heavy atom. The van der Waals surface area contributed by atoms with E-state index in [0.717, 1.165) is 18.4 Å². The molecule has 0 bridgehead atoms. The minimum absolute atomic E-state index is 0.137. The zero-order valence-corrected chi connectivity index (χ0v) is 11.8. The highest BCUT2D eigenvalue weighted by atomic mass is 35.5. The molecule has 4 nitrogen and oxygen atoms in total. The van der Waals surface area contributed by atoms with Gasteiger partial charge in [0.2, 0.25) is 10.0 Å². The molecule has 2 rings (SSSR count). The quantitative estimate of drug-likeness (QED) is 0.901. The number of nitrogens with zero attached hydrogens (tertiary/aromatic N) is 1. The third-order valence-corrected chi connectivity index (χ3v) is 5.59. The van der Waals surface area contributed by atoms with E-state index in [0.29, 0.717) is 13.1 Å². The van der Waals surface area contributed by atoms with Crippen molar-refractivity contribution >= 4 is 21.6 Å². The maximum Gasteiger partial charge on any atom is 0.244 e. The van der Waals surface area contributed by atoms with E-state index in [2.05, 4.69) is 0 Å². The molecule has 18 heavy (non-hydrogen) atoms. The lowest BCUT2D eigenvalue weighted by molar-refractivity contribution is 0.421. The van der Waals surface area contributed by atoms with Gasteiger partial charge in [-0.15, -0.1) is 0 Å². The first-order valence-electron chi connectivity index (χ1n) is 6.01. The molecule has 0 amide bonds. The molecule has 0 spiro atoms. The highest BCUT2D eigenvalue weighted by Gasteiger charge is 2.37. The summed E-state index contributed by atoms with van der Waals surface area (Å²) >= 11 is 6.02. The van der Waals surface area contributed by atoms with Gasteiger partial charge in [0, 0.05) is 19.1 Å². The van der Waals surface area contributed by atoms with E-state index in [-0.39, 0.29) is 16.0 Å². The lowest BCUT2D eigenvalue weighted by Gasteiger charge is -2.21. The fourth-order valence-electron chi connectivity index (χ4n) is 1.99. The lowest BCUT2D eigenvalue weighted by Crippen LogP contribution is -2.33. The van der Waals surface area contributed by atoms with Crippen LogP contribution in [0.4, 0.5) is 0 Å². The predicted molar refractivity (Wildman–Crippen MR) is 71.9 cm³/mol. The van der Waals surface area contributed by atoms with Gasteiger partial charge in [0.1, 0.15) is 4.90 Å². The van der Waals surface area contributed by atoms with E-state index in [9.17, 15) is 8.42 Å². The fraction of sp³-hybridized carbons (Fsp3) is 0.500. The summed E-state index contributed by atoms with van der Waals surface area (Å²) in [5, 5.41) is 0.256. The zero-order chi connectivity index (χ0) is 13.3. The monoisotopic (exact) mass is 288 g/mol. The molecule has 100 valence electrons. The minimum Gasteiger partial charge on any atom is -0.326 e. The van der Waals surface area contributed by atoms with Crippen LogP contribution in [0.5, 0.6) is 0 Å². The summed E-state index contributed by atoms with van der Waals surface area (Å²) in [6.45, 7) is 2.61. The first-order chi connectivity index (χ1) is 8.50. The molecule has 0 aliphatic heterocycles. The molecule has 2 N–H and O–H groups in total. The largest absolute Gasteiger partial charge is 0.326 e. The second kappa shape index (κ2) is 5.17. The Hall–Kier alpha value is -0.620. The number of hydrogen-bond donors (Lipinski definition) is 1. The molecule has 1 aliphatic rings. The zero-order valence-electron chi connectivity index (χ0n) is 10.3. The van der Waals surface area contributed by atoms with Crippen LogP contribution in [0, 0.1) is 0 Å². The molecule has 1 aliphatic carbocycles. The summed E-state index contributed by atoms with van der Waals surface area (Å²) in [7, 11) is -3.51. The van der Waals surface area contributed by atoms with Crippen molar-refractivity contribution in [2.24, 2.45) is 5.73 Å². The Labute approximate surface area is 113 Å². The van der Waals surface area contributed by atoms with E-state index < -0.39 is 10.0 Å². The van der Waals surface area contributed by atoms with Gasteiger partial charge in [-0.1, -0.05) is 24.6 Å². The van der Waals surface area contributed by atoms with Gasteiger partial charge >= 0.3 is 0 Å². The van der Waals surface area contributed by atoms with Gasteiger partial charge < -0.3 is 5.73 Å². The van der Waals surface area contributed by atoms with Gasteiger partial charge in [-0.3, -0.25) is 0 Å². The van der Waals surface area contributed by atoms with Crippen molar-refractivity contribution in [3.63, 3.8) is 0 Å². The van der Waals surface area contributed by atoms with Crippen LogP contribution in [0.2, 0.25) is 5.02 Å². The van der Waals surface area contributed by atoms with E-state index in [4.69, 9.17) is 17.3 Å². The summed E-state index contributed by atoms with van der Waals surface area (Å²) in [6, 6.07) is 5.05. The standard InChI is InChI=1S/C12H17ClN2O2S/c1-2-15(10-4-5-10)18(16,17)12-7-9(8-14)3-6-11(12)13/h3,6-7,10H,2,4-5,8,14H2,1H3. The van der Waals surface area contributed by atoms with E-state index in [1.807, 2.05) is 6.92 Å². The lowest BCUT2D eigenvalue weighted by atomic mass is 10.2. The van der Waals surface area contributed by atoms with E-state index >= 15 is 0 Å². The normalized spacial score (nSPS) is 16.2. The summed E-state index contributed by atoms with van der Waals surface area (Å²) in [6.07, 6.45) is 1.86. The molecule has 0 radical (unpaired) electrons. The van der Waals surface area contributed by atoms with Gasteiger partial charge in [0.15, 0.2) is 0 Å². The van der Waals surface area contributed by atoms with Crippen LogP contribution >= 0.6 is 11.6 Å². The van der Waals surface area contributed by atoms with Crippen LogP contribution in [0.15, 0.2) is 23.1 Å². The van der Waals surface area contributed by atoms with Crippen LogP contribution in [0.1, 0.15) is 25.3 Å². The van der Waals surface area contributed by atoms with Crippen molar-refractivity contribution in [1.82, 2.24) is 4.31 Å². The summed E-state index contributed by atoms with van der Waals surface area (Å²) < 4.78 is 26.6. The molecule has 0 unspecified atom stereocenters. The van der Waals surface area contributed by atoms with Gasteiger partial charge in [0.25, 0.3) is 0 Å². The van der Waals surface area contributed by atoms with Crippen molar-refractivity contribution in [1.29, 1.82) is 0 Å². The first-order valence-corrected chi connectivity index (χ1v) is 7.82. The number of halogens is 1. The maximum absolute atomic E-state index is 12.5. The molecule has 0 atom stereocenters. The molecule has 1 saturated carbocycles. The summed E-state index contributed by atoms with van der Waals surface area (Å²) in [4.78, 5) is 0.167. The highest BCUT2D eigenvalue weighted by Crippen LogP contribution is 2.34. The minimum atomic E-state index is -3.51. The highest BCUT2D eigenvalue weighted by molar-refractivity contribution is 7.89. The van der Waals surface area contributed by atoms with Crippen LogP contribution in [0.3, 0.4) is 0 Å². The Morgan fingerprint density at radius 1 is 1.44 bits per heavy atom. The SMILES string of the molecule is CCN(C1CC1)S(=O)(=O)c1cc(CN)ccc1Cl. The Kier molecular flexibility index (Phi) is 3.96. The molecular formula is C12H17ClN2O2S. The van der Waals surface area contributed by atoms with Crippen LogP contribution in [-0.2, 0) is 16.6 Å². The van der Waals surface area contributed by atoms with Crippen molar-refractivity contribution < 1.29 is 8.42 Å². The second-order valence-corrected chi connectivity index (χ2v) is 6.67. The molecule has 6 heteroatoms. The topological polar surface area (TPSA) is 63.4 Å². The second-order valence-electron chi connectivity index (χ2n) is 4.41. The van der Waals surface area contributed by atoms with Gasteiger partial charge in [-0.25, -0.2) is 8.42 Å². The van der Waals surface area contributed by atoms with E-state index in [1.165, 1.54) is 4.31 Å². The molecule has 0 saturated heterocycles. The third-order valence-electron chi connectivity index (χ3n) is 3.08. The predicted octanol–water partition coefficient (Wildman–Crippen LogP) is 1.97. The van der Waals surface area contributed by atoms with Crippen LogP contribution in [-0.4, -0.2) is 25.3 Å². The first kappa shape index (κ1) is 13.8. The number of sulfonamides is 1. The van der Waals surface area contributed by atoms with Gasteiger partial charge in [0.05, 0.1) is 5.02 Å². The Bertz CT molecular complexity index is 541. The van der Waals surface area contributed by atoms with E-state index in [1.54, 1.807) is 18.2 Å². The number of benzene rings is 1. The van der Waals surface area contributed by atoms with Crippen molar-refractivity contribution in [3.05, 3.63) is 28.8 Å². The maximum atomic E-state index is 12.5. The fourth-order valence-corrected chi connectivity index (χ4v) is 4.21. The average molecular weight is 289 g/mol. The number of hydrogen-bond acceptors (Lipinski definition) is 3. The van der Waals surface area contributed by atoms with Crippen molar-refractivity contribution in [2.75, 3.05) is 6.54 Å². The smallest absolute Gasteiger partial charge is 0.244 e. The molecule has 1 fully saturated rings. The molecule has 1 aromatic rings. The average Bonchev–Trinajstić information content (AvgIpc) is 3.14. The number of nitrogens with two attached hydrogens (primary N) is 1. The van der Waals surface area contributed by atoms with Crippen LogP contribution in [0.25, 0.3) is 0 Å².